The zero-order valence-corrected chi connectivity index (χ0v) is 19.0. The lowest BCUT2D eigenvalue weighted by atomic mass is 10.2. The van der Waals surface area contributed by atoms with Gasteiger partial charge in [0.15, 0.2) is 24.7 Å². The SMILES string of the molecule is COc1cc(Br)cc(Br)c1OCC(=O)N/N=C\c1cc([N+](=O)[O-])ccc1OCC(=O)O. The molecule has 1 amide bonds. The van der Waals surface area contributed by atoms with Crippen molar-refractivity contribution in [3.8, 4) is 17.2 Å². The minimum atomic E-state index is -1.22. The van der Waals surface area contributed by atoms with Crippen molar-refractivity contribution in [3.05, 3.63) is 55.0 Å². The average molecular weight is 561 g/mol. The van der Waals surface area contributed by atoms with Gasteiger partial charge >= 0.3 is 5.97 Å². The van der Waals surface area contributed by atoms with Gasteiger partial charge in [-0.2, -0.15) is 5.10 Å². The fraction of sp³-hybridized carbons (Fsp3) is 0.167. The number of hydrogen-bond donors (Lipinski definition) is 2. The van der Waals surface area contributed by atoms with Gasteiger partial charge in [-0.1, -0.05) is 15.9 Å². The Morgan fingerprint density at radius 2 is 1.94 bits per heavy atom. The Hall–Kier alpha value is -3.19. The summed E-state index contributed by atoms with van der Waals surface area (Å²) in [4.78, 5) is 33.0. The largest absolute Gasteiger partial charge is 0.493 e. The molecule has 13 heteroatoms. The maximum Gasteiger partial charge on any atom is 0.341 e. The predicted molar refractivity (Wildman–Crippen MR) is 116 cm³/mol. The fourth-order valence-electron chi connectivity index (χ4n) is 2.19. The molecule has 0 aromatic heterocycles. The van der Waals surface area contributed by atoms with Crippen LogP contribution in [0, 0.1) is 10.1 Å². The summed E-state index contributed by atoms with van der Waals surface area (Å²) in [6, 6.07) is 6.91. The minimum Gasteiger partial charge on any atom is -0.493 e. The van der Waals surface area contributed by atoms with Crippen LogP contribution in [0.2, 0.25) is 0 Å². The molecule has 11 nitrogen and oxygen atoms in total. The van der Waals surface area contributed by atoms with Crippen LogP contribution in [-0.4, -0.2) is 48.4 Å². The van der Waals surface area contributed by atoms with Gasteiger partial charge in [0.25, 0.3) is 11.6 Å². The molecule has 0 fully saturated rings. The molecule has 0 saturated carbocycles. The Morgan fingerprint density at radius 3 is 2.58 bits per heavy atom. The Labute approximate surface area is 192 Å². The van der Waals surface area contributed by atoms with Gasteiger partial charge < -0.3 is 19.3 Å². The van der Waals surface area contributed by atoms with Gasteiger partial charge in [0.05, 0.1) is 22.7 Å². The number of carboxylic acid groups (broad SMARTS) is 1. The highest BCUT2D eigenvalue weighted by atomic mass is 79.9. The van der Waals surface area contributed by atoms with E-state index in [9.17, 15) is 19.7 Å². The molecule has 2 rings (SSSR count). The standard InChI is InChI=1S/C18H15Br2N3O8/c1-29-15-6-11(19)5-13(20)18(15)31-8-16(24)22-21-7-10-4-12(23(27)28)2-3-14(10)30-9-17(25)26/h2-7H,8-9H2,1H3,(H,22,24)(H,25,26)/b21-7-. The molecule has 164 valence electrons. The molecule has 0 aliphatic carbocycles. The summed E-state index contributed by atoms with van der Waals surface area (Å²) in [6.45, 7) is -1.05. The van der Waals surface area contributed by atoms with Crippen LogP contribution in [-0.2, 0) is 9.59 Å². The first kappa shape index (κ1) is 24.1. The number of carbonyl (C=O) groups excluding carboxylic acids is 1. The van der Waals surface area contributed by atoms with E-state index < -0.39 is 30.0 Å². The molecule has 0 aliphatic rings. The van der Waals surface area contributed by atoms with Crippen molar-refractivity contribution in [1.82, 2.24) is 5.43 Å². The van der Waals surface area contributed by atoms with Gasteiger partial charge in [-0.3, -0.25) is 14.9 Å². The summed E-state index contributed by atoms with van der Waals surface area (Å²) in [5, 5.41) is 23.4. The van der Waals surface area contributed by atoms with Gasteiger partial charge in [0.1, 0.15) is 5.75 Å². The smallest absolute Gasteiger partial charge is 0.341 e. The number of carboxylic acids is 1. The summed E-state index contributed by atoms with van der Waals surface area (Å²) in [5.41, 5.74) is 2.06. The summed E-state index contributed by atoms with van der Waals surface area (Å²) in [5.74, 6) is -1.08. The molecule has 0 aliphatic heterocycles. The van der Waals surface area contributed by atoms with Crippen LogP contribution in [0.1, 0.15) is 5.56 Å². The molecule has 2 aromatic carbocycles. The van der Waals surface area contributed by atoms with E-state index in [1.165, 1.54) is 13.2 Å². The van der Waals surface area contributed by atoms with Crippen molar-refractivity contribution in [2.45, 2.75) is 0 Å². The summed E-state index contributed by atoms with van der Waals surface area (Å²) >= 11 is 6.63. The number of nitro groups is 1. The minimum absolute atomic E-state index is 0.0470. The van der Waals surface area contributed by atoms with E-state index in [0.29, 0.717) is 16.0 Å². The number of carbonyl (C=O) groups is 2. The van der Waals surface area contributed by atoms with Gasteiger partial charge in [-0.05, 0) is 34.1 Å². The number of nitrogens with zero attached hydrogens (tertiary/aromatic N) is 2. The molecule has 31 heavy (non-hydrogen) atoms. The lowest BCUT2D eigenvalue weighted by molar-refractivity contribution is -0.384. The number of rotatable bonds is 10. The van der Waals surface area contributed by atoms with E-state index in [4.69, 9.17) is 19.3 Å². The third kappa shape index (κ3) is 7.22. The van der Waals surface area contributed by atoms with Crippen LogP contribution in [0.3, 0.4) is 0 Å². The predicted octanol–water partition coefficient (Wildman–Crippen LogP) is 3.12. The van der Waals surface area contributed by atoms with Crippen molar-refractivity contribution in [1.29, 1.82) is 0 Å². The van der Waals surface area contributed by atoms with E-state index in [2.05, 4.69) is 42.4 Å². The molecule has 0 spiro atoms. The van der Waals surface area contributed by atoms with Crippen LogP contribution in [0.5, 0.6) is 17.2 Å². The van der Waals surface area contributed by atoms with Crippen LogP contribution < -0.4 is 19.6 Å². The van der Waals surface area contributed by atoms with Gasteiger partial charge in [0, 0.05) is 22.2 Å². The molecule has 0 unspecified atom stereocenters. The van der Waals surface area contributed by atoms with Crippen LogP contribution >= 0.6 is 31.9 Å². The Kier molecular flexibility index (Phi) is 8.75. The van der Waals surface area contributed by atoms with Gasteiger partial charge in [-0.25, -0.2) is 10.2 Å². The Balaban J connectivity index is 2.06. The van der Waals surface area contributed by atoms with E-state index in [1.807, 2.05) is 0 Å². The van der Waals surface area contributed by atoms with Crippen LogP contribution in [0.25, 0.3) is 0 Å². The molecule has 0 bridgehead atoms. The molecular weight excluding hydrogens is 546 g/mol. The highest BCUT2D eigenvalue weighted by Crippen LogP contribution is 2.38. The first-order chi connectivity index (χ1) is 14.7. The summed E-state index contributed by atoms with van der Waals surface area (Å²) in [6.07, 6.45) is 1.10. The lowest BCUT2D eigenvalue weighted by Crippen LogP contribution is -2.24. The number of nitrogens with one attached hydrogen (secondary N) is 1. The van der Waals surface area contributed by atoms with Crippen molar-refractivity contribution >= 4 is 55.6 Å². The Morgan fingerprint density at radius 1 is 1.19 bits per heavy atom. The molecule has 2 N–H and O–H groups in total. The zero-order valence-electron chi connectivity index (χ0n) is 15.8. The van der Waals surface area contributed by atoms with Crippen LogP contribution in [0.4, 0.5) is 5.69 Å². The number of methoxy groups -OCH3 is 1. The van der Waals surface area contributed by atoms with E-state index in [0.717, 1.165) is 22.8 Å². The number of aliphatic carboxylic acids is 1. The third-order valence-corrected chi connectivity index (χ3v) is 4.54. The summed E-state index contributed by atoms with van der Waals surface area (Å²) in [7, 11) is 1.45. The number of hydrazone groups is 1. The van der Waals surface area contributed by atoms with E-state index in [-0.39, 0.29) is 17.0 Å². The normalized spacial score (nSPS) is 10.5. The van der Waals surface area contributed by atoms with Crippen molar-refractivity contribution in [2.24, 2.45) is 5.10 Å². The highest BCUT2D eigenvalue weighted by Gasteiger charge is 2.14. The summed E-state index contributed by atoms with van der Waals surface area (Å²) < 4.78 is 17.0. The number of nitro benzene ring substituents is 1. The first-order valence-electron chi connectivity index (χ1n) is 8.32. The maximum atomic E-state index is 12.0. The van der Waals surface area contributed by atoms with E-state index >= 15 is 0 Å². The van der Waals surface area contributed by atoms with E-state index in [1.54, 1.807) is 12.1 Å². The number of ether oxygens (including phenoxy) is 3. The average Bonchev–Trinajstić information content (AvgIpc) is 2.71. The van der Waals surface area contributed by atoms with Crippen molar-refractivity contribution in [3.63, 3.8) is 0 Å². The second-order valence-electron chi connectivity index (χ2n) is 5.66. The maximum absolute atomic E-state index is 12.0. The number of halogens is 2. The van der Waals surface area contributed by atoms with Crippen molar-refractivity contribution in [2.75, 3.05) is 20.3 Å². The molecule has 0 saturated heterocycles. The van der Waals surface area contributed by atoms with Gasteiger partial charge in [-0.15, -0.1) is 0 Å². The number of hydrogen-bond acceptors (Lipinski definition) is 8. The zero-order chi connectivity index (χ0) is 23.0. The number of non-ortho nitro benzene ring substituents is 1. The van der Waals surface area contributed by atoms with Gasteiger partial charge in [0.2, 0.25) is 0 Å². The second kappa shape index (κ2) is 11.3. The highest BCUT2D eigenvalue weighted by molar-refractivity contribution is 9.11. The molecule has 0 atom stereocenters. The fourth-order valence-corrected chi connectivity index (χ4v) is 3.49. The second-order valence-corrected chi connectivity index (χ2v) is 7.43. The Bertz CT molecular complexity index is 1030. The third-order valence-electron chi connectivity index (χ3n) is 3.49. The number of amides is 1. The molecule has 0 heterocycles. The molecule has 0 radical (unpaired) electrons. The molecule has 2 aromatic rings. The van der Waals surface area contributed by atoms with Crippen LogP contribution in [0.15, 0.2) is 44.4 Å². The lowest BCUT2D eigenvalue weighted by Gasteiger charge is -2.12. The quantitative estimate of drug-likeness (QED) is 0.255. The number of benzene rings is 2. The van der Waals surface area contributed by atoms with Crippen molar-refractivity contribution < 1.29 is 33.8 Å². The monoisotopic (exact) mass is 559 g/mol. The first-order valence-corrected chi connectivity index (χ1v) is 9.90. The molecular formula is C18H15Br2N3O8. The topological polar surface area (TPSA) is 150 Å².